The molecule has 3 heterocycles. The Morgan fingerprint density at radius 3 is 2.72 bits per heavy atom. The van der Waals surface area contributed by atoms with Crippen LogP contribution in [0.15, 0.2) is 54.7 Å². The molecular formula is C29H35FN4O3S2. The summed E-state index contributed by atoms with van der Waals surface area (Å²) in [7, 11) is -3.17. The van der Waals surface area contributed by atoms with Crippen LogP contribution in [-0.4, -0.2) is 43.4 Å². The van der Waals surface area contributed by atoms with Crippen LogP contribution in [0.1, 0.15) is 60.7 Å². The molecule has 208 valence electrons. The lowest BCUT2D eigenvalue weighted by molar-refractivity contribution is -0.123. The van der Waals surface area contributed by atoms with Gasteiger partial charge in [0.15, 0.2) is 9.84 Å². The number of benzene rings is 2. The van der Waals surface area contributed by atoms with Crippen molar-refractivity contribution in [2.75, 3.05) is 18.1 Å². The maximum Gasteiger partial charge on any atom is 0.222 e. The first-order valence-electron chi connectivity index (χ1n) is 13.5. The molecule has 7 nitrogen and oxygen atoms in total. The second-order valence-electron chi connectivity index (χ2n) is 10.7. The summed E-state index contributed by atoms with van der Waals surface area (Å²) in [6, 6.07) is 14.1. The van der Waals surface area contributed by atoms with Crippen LogP contribution in [0.4, 0.5) is 4.39 Å². The Balaban J connectivity index is 1.35. The number of amides is 1. The summed E-state index contributed by atoms with van der Waals surface area (Å²) in [5.41, 5.74) is 7.74. The van der Waals surface area contributed by atoms with E-state index in [1.54, 1.807) is 29.5 Å². The molecule has 10 heteroatoms. The van der Waals surface area contributed by atoms with Gasteiger partial charge in [0.05, 0.1) is 28.0 Å². The highest BCUT2D eigenvalue weighted by Crippen LogP contribution is 2.38. The average molecular weight is 571 g/mol. The molecule has 1 amide bonds. The Bertz CT molecular complexity index is 1410. The molecule has 2 atom stereocenters. The molecular weight excluding hydrogens is 535 g/mol. The first-order valence-corrected chi connectivity index (χ1v) is 16.2. The van der Waals surface area contributed by atoms with Gasteiger partial charge in [-0.2, -0.15) is 0 Å². The Morgan fingerprint density at radius 2 is 1.97 bits per heavy atom. The molecule has 4 N–H and O–H groups in total. The fourth-order valence-electron chi connectivity index (χ4n) is 5.56. The maximum absolute atomic E-state index is 14.1. The minimum Gasteiger partial charge on any atom is -0.346 e. The van der Waals surface area contributed by atoms with Crippen molar-refractivity contribution in [3.8, 4) is 10.4 Å². The fraction of sp³-hybridized carbons (Fsp3) is 0.448. The summed E-state index contributed by atoms with van der Waals surface area (Å²) in [6.07, 6.45) is 6.17. The highest BCUT2D eigenvalue weighted by molar-refractivity contribution is 7.91. The van der Waals surface area contributed by atoms with Gasteiger partial charge in [-0.15, -0.1) is 11.3 Å². The zero-order valence-corrected chi connectivity index (χ0v) is 23.5. The molecule has 5 rings (SSSR count). The van der Waals surface area contributed by atoms with Crippen LogP contribution in [0, 0.1) is 5.82 Å². The van der Waals surface area contributed by atoms with Crippen molar-refractivity contribution < 1.29 is 17.6 Å². The van der Waals surface area contributed by atoms with Crippen molar-refractivity contribution in [3.63, 3.8) is 0 Å². The van der Waals surface area contributed by atoms with Gasteiger partial charge in [0.25, 0.3) is 0 Å². The van der Waals surface area contributed by atoms with E-state index in [2.05, 4.69) is 15.6 Å². The molecule has 0 spiro atoms. The van der Waals surface area contributed by atoms with Crippen LogP contribution < -0.4 is 16.4 Å². The number of carbonyl (C=O) groups is 1. The number of rotatable bonds is 8. The number of nitrogens with two attached hydrogens (primary N) is 1. The van der Waals surface area contributed by atoms with E-state index in [0.29, 0.717) is 5.56 Å². The topological polar surface area (TPSA) is 114 Å². The summed E-state index contributed by atoms with van der Waals surface area (Å²) < 4.78 is 38.7. The second kappa shape index (κ2) is 11.8. The number of sulfone groups is 1. The number of hydrogen-bond donors (Lipinski definition) is 3. The van der Waals surface area contributed by atoms with Gasteiger partial charge in [0.1, 0.15) is 10.8 Å². The van der Waals surface area contributed by atoms with Gasteiger partial charge in [-0.05, 0) is 67.5 Å². The number of thiazole rings is 1. The molecule has 0 saturated carbocycles. The van der Waals surface area contributed by atoms with Crippen LogP contribution in [0.25, 0.3) is 10.4 Å². The lowest BCUT2D eigenvalue weighted by Gasteiger charge is -2.39. The summed E-state index contributed by atoms with van der Waals surface area (Å²) in [5.74, 6) is -0.621. The molecule has 2 aromatic carbocycles. The average Bonchev–Trinajstić information content (AvgIpc) is 3.43. The number of nitrogens with one attached hydrogen (secondary N) is 2. The summed E-state index contributed by atoms with van der Waals surface area (Å²) in [5, 5.41) is 7.77. The van der Waals surface area contributed by atoms with Crippen LogP contribution in [0.5, 0.6) is 0 Å². The van der Waals surface area contributed by atoms with E-state index in [0.717, 1.165) is 34.0 Å². The van der Waals surface area contributed by atoms with E-state index in [4.69, 9.17) is 5.73 Å². The number of piperidine rings is 1. The normalized spacial score (nSPS) is 21.2. The van der Waals surface area contributed by atoms with Crippen LogP contribution in [0.2, 0.25) is 0 Å². The molecule has 0 aliphatic carbocycles. The Morgan fingerprint density at radius 1 is 1.18 bits per heavy atom. The van der Waals surface area contributed by atoms with E-state index in [-0.39, 0.29) is 55.0 Å². The molecule has 39 heavy (non-hydrogen) atoms. The molecule has 0 bridgehead atoms. The SMILES string of the molecule is N[C@@H](CC(=O)NC1(c2cccc(-c3cnc(C4CCCCN4)s3)c2)CCS(=O)(=O)CC1)Cc1ccccc1F. The van der Waals surface area contributed by atoms with Crippen molar-refractivity contribution in [1.29, 1.82) is 0 Å². The Labute approximate surface area is 233 Å². The number of halogens is 1. The minimum absolute atomic E-state index is 0.00313. The Hall–Kier alpha value is -2.66. The molecule has 2 aliphatic heterocycles. The monoisotopic (exact) mass is 570 g/mol. The zero-order chi connectivity index (χ0) is 27.5. The second-order valence-corrected chi connectivity index (χ2v) is 14.1. The highest BCUT2D eigenvalue weighted by Gasteiger charge is 2.40. The summed E-state index contributed by atoms with van der Waals surface area (Å²) >= 11 is 1.67. The van der Waals surface area contributed by atoms with Crippen molar-refractivity contribution in [2.45, 2.75) is 62.6 Å². The number of hydrogen-bond acceptors (Lipinski definition) is 7. The number of aromatic nitrogens is 1. The molecule has 3 aromatic rings. The van der Waals surface area contributed by atoms with Crippen LogP contribution in [-0.2, 0) is 26.6 Å². The number of nitrogens with zero attached hydrogens (tertiary/aromatic N) is 1. The standard InChI is InChI=1S/C29H35FN4O3S2/c30-24-9-2-1-6-20(24)17-23(31)18-27(35)34-29(11-14-39(36,37)15-12-29)22-8-5-7-21(16-22)26-19-33-28(38-26)25-10-3-4-13-32-25/h1-2,5-9,16,19,23,25,32H,3-4,10-15,17-18,31H2,(H,34,35)/t23-,25?/m1/s1. The predicted molar refractivity (Wildman–Crippen MR) is 153 cm³/mol. The lowest BCUT2D eigenvalue weighted by Crippen LogP contribution is -2.51. The third kappa shape index (κ3) is 6.74. The number of carbonyl (C=O) groups excluding carboxylic acids is 1. The first-order chi connectivity index (χ1) is 18.7. The van der Waals surface area contributed by atoms with Gasteiger partial charge in [0.2, 0.25) is 5.91 Å². The first kappa shape index (κ1) is 27.9. The van der Waals surface area contributed by atoms with Gasteiger partial charge >= 0.3 is 0 Å². The van der Waals surface area contributed by atoms with E-state index in [9.17, 15) is 17.6 Å². The molecule has 1 aromatic heterocycles. The van der Waals surface area contributed by atoms with Crippen LogP contribution >= 0.6 is 11.3 Å². The largest absolute Gasteiger partial charge is 0.346 e. The summed E-state index contributed by atoms with van der Waals surface area (Å²) in [4.78, 5) is 18.9. The van der Waals surface area contributed by atoms with E-state index >= 15 is 0 Å². The highest BCUT2D eigenvalue weighted by atomic mass is 32.2. The maximum atomic E-state index is 14.1. The molecule has 2 aliphatic rings. The lowest BCUT2D eigenvalue weighted by atomic mass is 9.83. The molecule has 2 saturated heterocycles. The van der Waals surface area contributed by atoms with Gasteiger partial charge in [-0.1, -0.05) is 42.8 Å². The van der Waals surface area contributed by atoms with Crippen LogP contribution in [0.3, 0.4) is 0 Å². The smallest absolute Gasteiger partial charge is 0.222 e. The minimum atomic E-state index is -3.17. The Kier molecular flexibility index (Phi) is 8.46. The van der Waals surface area contributed by atoms with Crippen molar-refractivity contribution in [2.24, 2.45) is 5.73 Å². The zero-order valence-electron chi connectivity index (χ0n) is 21.9. The molecule has 0 radical (unpaired) electrons. The quantitative estimate of drug-likeness (QED) is 0.373. The van der Waals surface area contributed by atoms with Gasteiger partial charge in [0, 0.05) is 18.7 Å². The third-order valence-electron chi connectivity index (χ3n) is 7.78. The molecule has 1 unspecified atom stereocenters. The van der Waals surface area contributed by atoms with Crippen molar-refractivity contribution >= 4 is 27.1 Å². The van der Waals surface area contributed by atoms with Crippen molar-refractivity contribution in [3.05, 3.63) is 76.7 Å². The third-order valence-corrected chi connectivity index (χ3v) is 10.6. The van der Waals surface area contributed by atoms with Gasteiger partial charge in [-0.25, -0.2) is 17.8 Å². The summed E-state index contributed by atoms with van der Waals surface area (Å²) in [6.45, 7) is 1.00. The van der Waals surface area contributed by atoms with Gasteiger partial charge < -0.3 is 16.4 Å². The van der Waals surface area contributed by atoms with E-state index in [1.165, 1.54) is 18.9 Å². The van der Waals surface area contributed by atoms with E-state index in [1.807, 2.05) is 30.5 Å². The van der Waals surface area contributed by atoms with Gasteiger partial charge in [-0.3, -0.25) is 4.79 Å². The van der Waals surface area contributed by atoms with Crippen molar-refractivity contribution in [1.82, 2.24) is 15.6 Å². The molecule has 2 fully saturated rings. The fourth-order valence-corrected chi connectivity index (χ4v) is 8.11. The van der Waals surface area contributed by atoms with E-state index < -0.39 is 21.4 Å². The predicted octanol–water partition coefficient (Wildman–Crippen LogP) is 4.24.